The maximum absolute atomic E-state index is 10.3. The summed E-state index contributed by atoms with van der Waals surface area (Å²) >= 11 is 5.17. The molecular weight excluding hydrogens is 344 g/mol. The van der Waals surface area contributed by atoms with Crippen LogP contribution in [0.4, 0.5) is 5.82 Å². The Labute approximate surface area is 150 Å². The first-order chi connectivity index (χ1) is 11.8. The van der Waals surface area contributed by atoms with Gasteiger partial charge in [-0.2, -0.15) is 0 Å². The normalized spacial score (nSPS) is 26.2. The van der Waals surface area contributed by atoms with Gasteiger partial charge >= 0.3 is 0 Å². The molecular formula is C15H22N6O3S. The predicted molar refractivity (Wildman–Crippen MR) is 96.2 cm³/mol. The van der Waals surface area contributed by atoms with Crippen molar-refractivity contribution >= 4 is 34.2 Å². The van der Waals surface area contributed by atoms with Crippen LogP contribution in [0.5, 0.6) is 0 Å². The second-order valence-corrected chi connectivity index (χ2v) is 6.74. The first kappa shape index (κ1) is 17.9. The van der Waals surface area contributed by atoms with Gasteiger partial charge in [0.25, 0.3) is 0 Å². The lowest BCUT2D eigenvalue weighted by Crippen LogP contribution is -2.30. The van der Waals surface area contributed by atoms with Gasteiger partial charge in [0.1, 0.15) is 12.2 Å². The van der Waals surface area contributed by atoms with Gasteiger partial charge in [-0.3, -0.25) is 4.57 Å². The number of aliphatic hydroxyl groups excluding tert-OH is 2. The fraction of sp³-hybridized carbons (Fsp3) is 0.600. The van der Waals surface area contributed by atoms with Crippen molar-refractivity contribution < 1.29 is 14.9 Å². The minimum absolute atomic E-state index is 0.443. The van der Waals surface area contributed by atoms with Crippen molar-refractivity contribution in [3.63, 3.8) is 0 Å². The molecule has 136 valence electrons. The average molecular weight is 366 g/mol. The van der Waals surface area contributed by atoms with Gasteiger partial charge in [0, 0.05) is 14.1 Å². The second kappa shape index (κ2) is 6.79. The van der Waals surface area contributed by atoms with Crippen molar-refractivity contribution in [1.82, 2.24) is 24.4 Å². The number of hydrogen-bond acceptors (Lipinski definition) is 8. The van der Waals surface area contributed by atoms with E-state index in [0.717, 1.165) is 4.99 Å². The lowest BCUT2D eigenvalue weighted by molar-refractivity contribution is -0.0299. The van der Waals surface area contributed by atoms with Crippen LogP contribution in [-0.4, -0.2) is 72.0 Å². The predicted octanol–water partition coefficient (Wildman–Crippen LogP) is 0.286. The Kier molecular flexibility index (Phi) is 4.87. The number of anilines is 1. The molecule has 0 aromatic carbocycles. The van der Waals surface area contributed by atoms with E-state index in [4.69, 9.17) is 17.0 Å². The summed E-state index contributed by atoms with van der Waals surface area (Å²) in [7, 11) is 3.62. The molecule has 9 nitrogen and oxygen atoms in total. The van der Waals surface area contributed by atoms with Crippen LogP contribution in [0.15, 0.2) is 6.33 Å². The van der Waals surface area contributed by atoms with E-state index in [1.54, 1.807) is 18.5 Å². The molecule has 10 heteroatoms. The molecule has 0 radical (unpaired) electrons. The molecule has 3 rings (SSSR count). The quantitative estimate of drug-likeness (QED) is 0.658. The molecule has 1 aliphatic rings. The first-order valence-electron chi connectivity index (χ1n) is 7.98. The molecule has 0 bridgehead atoms. The monoisotopic (exact) mass is 366 g/mol. The summed E-state index contributed by atoms with van der Waals surface area (Å²) in [6.07, 6.45) is -1.72. The van der Waals surface area contributed by atoms with Crippen molar-refractivity contribution in [3.05, 3.63) is 12.2 Å². The Hall–Kier alpha value is -1.88. The van der Waals surface area contributed by atoms with Crippen molar-refractivity contribution in [2.75, 3.05) is 19.4 Å². The topological polar surface area (TPSA) is 109 Å². The molecule has 1 aliphatic heterocycles. The summed E-state index contributed by atoms with van der Waals surface area (Å²) in [6, 6.07) is 0. The number of fused-ring (bicyclic) bond motifs is 1. The minimum Gasteiger partial charge on any atom is -0.388 e. The molecule has 2 aromatic heterocycles. The highest BCUT2D eigenvalue weighted by atomic mass is 32.1. The van der Waals surface area contributed by atoms with Crippen LogP contribution in [0.25, 0.3) is 11.2 Å². The molecule has 4 atom stereocenters. The summed E-state index contributed by atoms with van der Waals surface area (Å²) in [5, 5.41) is 23.2. The second-order valence-electron chi connectivity index (χ2n) is 6.15. The van der Waals surface area contributed by atoms with Crippen molar-refractivity contribution in [2.24, 2.45) is 0 Å². The third kappa shape index (κ3) is 3.17. The highest BCUT2D eigenvalue weighted by Gasteiger charge is 2.42. The summed E-state index contributed by atoms with van der Waals surface area (Å²) in [6.45, 7) is 3.99. The van der Waals surface area contributed by atoms with Gasteiger partial charge < -0.3 is 25.2 Å². The summed E-state index contributed by atoms with van der Waals surface area (Å²) in [5.74, 6) is 1.14. The van der Waals surface area contributed by atoms with Crippen molar-refractivity contribution in [2.45, 2.75) is 44.9 Å². The van der Waals surface area contributed by atoms with Gasteiger partial charge in [-0.05, 0) is 13.8 Å². The summed E-state index contributed by atoms with van der Waals surface area (Å²) in [5.41, 5.74) is 1.09. The number of ether oxygens (including phenoxy) is 1. The molecule has 25 heavy (non-hydrogen) atoms. The van der Waals surface area contributed by atoms with E-state index in [1.807, 2.05) is 18.9 Å². The molecule has 1 saturated heterocycles. The number of rotatable bonds is 4. The Bertz CT molecular complexity index is 797. The molecule has 0 spiro atoms. The van der Waals surface area contributed by atoms with Crippen LogP contribution < -0.4 is 5.32 Å². The number of imidazole rings is 1. The van der Waals surface area contributed by atoms with Crippen molar-refractivity contribution in [1.29, 1.82) is 0 Å². The molecule has 2 aromatic rings. The molecule has 0 amide bonds. The summed E-state index contributed by atoms with van der Waals surface area (Å²) < 4.78 is 7.31. The Morgan fingerprint density at radius 2 is 2.12 bits per heavy atom. The van der Waals surface area contributed by atoms with E-state index < -0.39 is 24.5 Å². The van der Waals surface area contributed by atoms with Crippen LogP contribution in [0.2, 0.25) is 0 Å². The van der Waals surface area contributed by atoms with E-state index >= 15 is 0 Å². The van der Waals surface area contributed by atoms with Gasteiger partial charge in [0.2, 0.25) is 0 Å². The van der Waals surface area contributed by atoms with E-state index in [0.29, 0.717) is 29.4 Å². The molecule has 4 unspecified atom stereocenters. The Morgan fingerprint density at radius 1 is 1.40 bits per heavy atom. The smallest absolute Gasteiger partial charge is 0.168 e. The molecule has 3 N–H and O–H groups in total. The lowest BCUT2D eigenvalue weighted by Gasteiger charge is -2.18. The van der Waals surface area contributed by atoms with Crippen LogP contribution >= 0.6 is 12.2 Å². The maximum atomic E-state index is 10.3. The third-order valence-electron chi connectivity index (χ3n) is 4.37. The molecule has 0 aliphatic carbocycles. The molecule has 1 fully saturated rings. The zero-order valence-electron chi connectivity index (χ0n) is 14.5. The van der Waals surface area contributed by atoms with E-state index in [1.165, 1.54) is 6.33 Å². The largest absolute Gasteiger partial charge is 0.388 e. The number of nitrogens with one attached hydrogen (secondary N) is 1. The van der Waals surface area contributed by atoms with Crippen molar-refractivity contribution in [3.8, 4) is 0 Å². The highest BCUT2D eigenvalue weighted by Crippen LogP contribution is 2.32. The fourth-order valence-corrected chi connectivity index (χ4v) is 2.84. The van der Waals surface area contributed by atoms with Gasteiger partial charge in [-0.1, -0.05) is 12.2 Å². The number of thiocarbonyl (C=S) groups is 1. The zero-order chi connectivity index (χ0) is 18.3. The van der Waals surface area contributed by atoms with Crippen LogP contribution in [0.3, 0.4) is 0 Å². The van der Waals surface area contributed by atoms with Crippen LogP contribution in [0, 0.1) is 0 Å². The lowest BCUT2D eigenvalue weighted by atomic mass is 10.1. The van der Waals surface area contributed by atoms with Gasteiger partial charge in [-0.15, -0.1) is 0 Å². The fourth-order valence-electron chi connectivity index (χ4n) is 2.77. The number of hydrogen-bond donors (Lipinski definition) is 3. The van der Waals surface area contributed by atoms with Gasteiger partial charge in [-0.25, -0.2) is 15.0 Å². The van der Waals surface area contributed by atoms with Gasteiger partial charge in [0.15, 0.2) is 29.0 Å². The Morgan fingerprint density at radius 3 is 2.68 bits per heavy atom. The number of aromatic nitrogens is 4. The van der Waals surface area contributed by atoms with E-state index in [-0.39, 0.29) is 0 Å². The minimum atomic E-state index is -1.06. The van der Waals surface area contributed by atoms with E-state index in [2.05, 4.69) is 20.3 Å². The summed E-state index contributed by atoms with van der Waals surface area (Å²) in [4.78, 5) is 16.0. The number of aliphatic hydroxyl groups is 2. The SMILES string of the molecule is CNc1nc(CN(C)C(C)=S)nc2c1ncn2C1OC(C)C(O)C1O. The first-order valence-corrected chi connectivity index (χ1v) is 8.38. The van der Waals surface area contributed by atoms with E-state index in [9.17, 15) is 10.2 Å². The van der Waals surface area contributed by atoms with Crippen LogP contribution in [0.1, 0.15) is 25.9 Å². The number of nitrogens with zero attached hydrogens (tertiary/aromatic N) is 5. The maximum Gasteiger partial charge on any atom is 0.168 e. The molecule has 0 saturated carbocycles. The zero-order valence-corrected chi connectivity index (χ0v) is 15.4. The van der Waals surface area contributed by atoms with Crippen LogP contribution in [-0.2, 0) is 11.3 Å². The highest BCUT2D eigenvalue weighted by molar-refractivity contribution is 7.80. The third-order valence-corrected chi connectivity index (χ3v) is 4.68. The molecule has 3 heterocycles. The standard InChI is InChI=1S/C15H22N6O3S/c1-7-11(22)12(23)15(24-7)21-6-17-10-13(16-3)18-9(19-14(10)21)5-20(4)8(2)25/h6-7,11-12,15,22-23H,5H2,1-4H3,(H,16,18,19). The Balaban J connectivity index is 2.05. The van der Waals surface area contributed by atoms with Gasteiger partial charge in [0.05, 0.1) is 24.0 Å². The average Bonchev–Trinajstić information content (AvgIpc) is 3.10.